The Labute approximate surface area is 180 Å². The van der Waals surface area contributed by atoms with E-state index in [1.807, 2.05) is 6.07 Å². The van der Waals surface area contributed by atoms with Crippen molar-refractivity contribution in [2.24, 2.45) is 5.73 Å². The average molecular weight is 447 g/mol. The van der Waals surface area contributed by atoms with Gasteiger partial charge >= 0.3 is 5.97 Å². The molecule has 9 nitrogen and oxygen atoms in total. The van der Waals surface area contributed by atoms with E-state index < -0.39 is 35.2 Å². The number of nitrogens with zero attached hydrogens (tertiary/aromatic N) is 2. The SMILES string of the molecule is NC(C(=O)NC1C(=O)N2C(C(=O)O)=C(CSc3ncco3)CS[C@H]12)c1ccccc1. The molecule has 0 bridgehead atoms. The fourth-order valence-corrected chi connectivity index (χ4v) is 5.55. The number of fused-ring (bicyclic) bond motifs is 1. The second-order valence-electron chi connectivity index (χ2n) is 6.63. The number of rotatable bonds is 7. The van der Waals surface area contributed by atoms with Gasteiger partial charge in [0.15, 0.2) is 0 Å². The summed E-state index contributed by atoms with van der Waals surface area (Å²) in [5.74, 6) is -1.37. The molecule has 1 aromatic carbocycles. The first-order valence-electron chi connectivity index (χ1n) is 9.00. The number of hydrogen-bond donors (Lipinski definition) is 3. The van der Waals surface area contributed by atoms with Gasteiger partial charge in [-0.05, 0) is 11.1 Å². The van der Waals surface area contributed by atoms with Gasteiger partial charge in [0.25, 0.3) is 11.1 Å². The van der Waals surface area contributed by atoms with Crippen LogP contribution in [0, 0.1) is 0 Å². The number of hydrogen-bond acceptors (Lipinski definition) is 8. The van der Waals surface area contributed by atoms with Crippen LogP contribution in [0.15, 0.2) is 63.7 Å². The minimum absolute atomic E-state index is 0.0411. The summed E-state index contributed by atoms with van der Waals surface area (Å²) in [5.41, 5.74) is 7.19. The third-order valence-electron chi connectivity index (χ3n) is 4.77. The molecule has 2 amide bonds. The van der Waals surface area contributed by atoms with E-state index in [0.717, 1.165) is 0 Å². The van der Waals surface area contributed by atoms with Crippen LogP contribution < -0.4 is 11.1 Å². The molecule has 156 valence electrons. The van der Waals surface area contributed by atoms with Crippen LogP contribution in [0.3, 0.4) is 0 Å². The summed E-state index contributed by atoms with van der Waals surface area (Å²) in [4.78, 5) is 42.3. The van der Waals surface area contributed by atoms with Crippen LogP contribution in [0.25, 0.3) is 0 Å². The summed E-state index contributed by atoms with van der Waals surface area (Å²) in [6.45, 7) is 0. The molecule has 2 aromatic rings. The Morgan fingerprint density at radius 3 is 2.83 bits per heavy atom. The first kappa shape index (κ1) is 20.5. The van der Waals surface area contributed by atoms with Gasteiger partial charge in [-0.15, -0.1) is 11.8 Å². The summed E-state index contributed by atoms with van der Waals surface area (Å²) < 4.78 is 5.16. The third kappa shape index (κ3) is 3.83. The molecule has 3 atom stereocenters. The average Bonchev–Trinajstić information content (AvgIpc) is 3.28. The predicted octanol–water partition coefficient (Wildman–Crippen LogP) is 1.21. The second kappa shape index (κ2) is 8.54. The van der Waals surface area contributed by atoms with Gasteiger partial charge in [0.2, 0.25) is 5.91 Å². The monoisotopic (exact) mass is 446 g/mol. The summed E-state index contributed by atoms with van der Waals surface area (Å²) in [5, 5.41) is 12.3. The van der Waals surface area contributed by atoms with Crippen molar-refractivity contribution >= 4 is 41.3 Å². The molecular formula is C19H18N4O5S2. The number of carbonyl (C=O) groups is 3. The molecular weight excluding hydrogens is 428 g/mol. The van der Waals surface area contributed by atoms with Crippen LogP contribution >= 0.6 is 23.5 Å². The van der Waals surface area contributed by atoms with Gasteiger partial charge < -0.3 is 20.6 Å². The lowest BCUT2D eigenvalue weighted by molar-refractivity contribution is -0.150. The zero-order valence-electron chi connectivity index (χ0n) is 15.6. The van der Waals surface area contributed by atoms with Crippen molar-refractivity contribution in [2.75, 3.05) is 11.5 Å². The van der Waals surface area contributed by atoms with E-state index in [1.165, 1.54) is 40.9 Å². The van der Waals surface area contributed by atoms with E-state index in [4.69, 9.17) is 10.2 Å². The summed E-state index contributed by atoms with van der Waals surface area (Å²) in [6, 6.07) is 7.11. The van der Waals surface area contributed by atoms with Gasteiger partial charge in [-0.2, -0.15) is 0 Å². The van der Waals surface area contributed by atoms with Gasteiger partial charge in [-0.1, -0.05) is 42.1 Å². The van der Waals surface area contributed by atoms with Crippen LogP contribution in [0.1, 0.15) is 11.6 Å². The molecule has 0 saturated carbocycles. The van der Waals surface area contributed by atoms with E-state index in [-0.39, 0.29) is 5.70 Å². The van der Waals surface area contributed by atoms with Crippen LogP contribution in [0.4, 0.5) is 0 Å². The van der Waals surface area contributed by atoms with Gasteiger partial charge in [0.05, 0.1) is 6.20 Å². The number of amides is 2. The molecule has 11 heteroatoms. The molecule has 1 fully saturated rings. The van der Waals surface area contributed by atoms with E-state index in [2.05, 4.69) is 10.3 Å². The zero-order chi connectivity index (χ0) is 21.3. The number of aliphatic carboxylic acids is 1. The fraction of sp³-hybridized carbons (Fsp3) is 0.263. The molecule has 3 heterocycles. The van der Waals surface area contributed by atoms with Gasteiger partial charge in [0.1, 0.15) is 29.4 Å². The number of carbonyl (C=O) groups excluding carboxylic acids is 2. The van der Waals surface area contributed by atoms with Crippen LogP contribution in [0.5, 0.6) is 0 Å². The van der Waals surface area contributed by atoms with Gasteiger partial charge in [0, 0.05) is 11.5 Å². The molecule has 1 aromatic heterocycles. The second-order valence-corrected chi connectivity index (χ2v) is 8.66. The maximum absolute atomic E-state index is 12.7. The molecule has 2 unspecified atom stereocenters. The number of nitrogens with one attached hydrogen (secondary N) is 1. The number of thioether (sulfide) groups is 2. The molecule has 4 N–H and O–H groups in total. The topological polar surface area (TPSA) is 139 Å². The van der Waals surface area contributed by atoms with E-state index in [0.29, 0.717) is 27.9 Å². The highest BCUT2D eigenvalue weighted by atomic mass is 32.2. The summed E-state index contributed by atoms with van der Waals surface area (Å²) >= 11 is 2.66. The maximum Gasteiger partial charge on any atom is 0.352 e. The van der Waals surface area contributed by atoms with Gasteiger partial charge in [-0.25, -0.2) is 9.78 Å². The Hall–Kier alpha value is -2.76. The standard InChI is InChI=1S/C19H18N4O5S2/c20-12(10-4-2-1-3-5-10)15(24)22-13-16(25)23-14(18(26)27)11(8-29-17(13)23)9-30-19-21-6-7-28-19/h1-7,12-13,17H,8-9,20H2,(H,22,24)(H,26,27)/t12?,13?,17-/m1/s1. The zero-order valence-corrected chi connectivity index (χ0v) is 17.2. The van der Waals surface area contributed by atoms with Crippen LogP contribution in [-0.4, -0.2) is 55.7 Å². The van der Waals surface area contributed by atoms with Crippen molar-refractivity contribution in [1.82, 2.24) is 15.2 Å². The lowest BCUT2D eigenvalue weighted by Gasteiger charge is -2.49. The highest BCUT2D eigenvalue weighted by Gasteiger charge is 2.54. The minimum atomic E-state index is -1.18. The van der Waals surface area contributed by atoms with Crippen molar-refractivity contribution in [3.63, 3.8) is 0 Å². The molecule has 0 aliphatic carbocycles. The predicted molar refractivity (Wildman–Crippen MR) is 110 cm³/mol. The van der Waals surface area contributed by atoms with Crippen molar-refractivity contribution in [2.45, 2.75) is 22.7 Å². The number of carboxylic acid groups (broad SMARTS) is 1. The van der Waals surface area contributed by atoms with E-state index in [1.54, 1.807) is 24.3 Å². The number of oxazole rings is 1. The Morgan fingerprint density at radius 1 is 1.40 bits per heavy atom. The van der Waals surface area contributed by atoms with Crippen LogP contribution in [-0.2, 0) is 14.4 Å². The molecule has 2 aliphatic rings. The molecule has 1 saturated heterocycles. The Balaban J connectivity index is 1.46. The fourth-order valence-electron chi connectivity index (χ4n) is 3.28. The lowest BCUT2D eigenvalue weighted by atomic mass is 10.0. The minimum Gasteiger partial charge on any atom is -0.477 e. The highest BCUT2D eigenvalue weighted by molar-refractivity contribution is 8.01. The van der Waals surface area contributed by atoms with Crippen molar-refractivity contribution in [3.8, 4) is 0 Å². The van der Waals surface area contributed by atoms with Crippen LogP contribution in [0.2, 0.25) is 0 Å². The largest absolute Gasteiger partial charge is 0.477 e. The van der Waals surface area contributed by atoms with E-state index in [9.17, 15) is 19.5 Å². The van der Waals surface area contributed by atoms with E-state index >= 15 is 0 Å². The maximum atomic E-state index is 12.7. The number of aromatic nitrogens is 1. The highest BCUT2D eigenvalue weighted by Crippen LogP contribution is 2.41. The van der Waals surface area contributed by atoms with Crippen molar-refractivity contribution in [3.05, 3.63) is 59.6 Å². The Bertz CT molecular complexity index is 996. The number of nitrogens with two attached hydrogens (primary N) is 1. The molecule has 4 rings (SSSR count). The number of carboxylic acids is 1. The summed E-state index contributed by atoms with van der Waals surface area (Å²) in [7, 11) is 0. The molecule has 0 radical (unpaired) electrons. The third-order valence-corrected chi connectivity index (χ3v) is 7.05. The summed E-state index contributed by atoms with van der Waals surface area (Å²) in [6.07, 6.45) is 2.94. The first-order chi connectivity index (χ1) is 14.5. The Kier molecular flexibility index (Phi) is 5.84. The lowest BCUT2D eigenvalue weighted by Crippen LogP contribution is -2.71. The molecule has 30 heavy (non-hydrogen) atoms. The first-order valence-corrected chi connectivity index (χ1v) is 11.0. The van der Waals surface area contributed by atoms with Gasteiger partial charge in [-0.3, -0.25) is 14.5 Å². The quantitative estimate of drug-likeness (QED) is 0.423. The van der Waals surface area contributed by atoms with Crippen molar-refractivity contribution in [1.29, 1.82) is 0 Å². The number of benzene rings is 1. The smallest absolute Gasteiger partial charge is 0.352 e. The normalized spacial score (nSPS) is 21.6. The number of β-lactam (4-membered cyclic amide) rings is 1. The Morgan fingerprint density at radius 2 is 2.17 bits per heavy atom. The molecule has 2 aliphatic heterocycles. The molecule has 0 spiro atoms. The van der Waals surface area contributed by atoms with Crippen molar-refractivity contribution < 1.29 is 23.9 Å².